The van der Waals surface area contributed by atoms with Crippen LogP contribution in [0.1, 0.15) is 48.2 Å². The van der Waals surface area contributed by atoms with Crippen molar-refractivity contribution in [1.29, 1.82) is 0 Å². The molecule has 2 aromatic heterocycles. The average Bonchev–Trinajstić information content (AvgIpc) is 3.40. The van der Waals surface area contributed by atoms with Crippen molar-refractivity contribution in [2.24, 2.45) is 7.05 Å². The number of nitrogens with zero attached hydrogens (tertiary/aromatic N) is 3. The van der Waals surface area contributed by atoms with Crippen molar-refractivity contribution in [2.75, 3.05) is 5.32 Å². The number of anilines is 1. The highest BCUT2D eigenvalue weighted by Gasteiger charge is 2.36. The minimum Gasteiger partial charge on any atom is -0.357 e. The number of piperidine rings is 1. The van der Waals surface area contributed by atoms with E-state index >= 15 is 0 Å². The second-order valence-electron chi connectivity index (χ2n) is 9.08. The predicted octanol–water partition coefficient (Wildman–Crippen LogP) is 4.82. The van der Waals surface area contributed by atoms with Crippen molar-refractivity contribution in [2.45, 2.75) is 50.7 Å². The Labute approximate surface area is 181 Å². The van der Waals surface area contributed by atoms with Gasteiger partial charge in [-0.05, 0) is 67.5 Å². The molecule has 2 atom stereocenters. The predicted molar refractivity (Wildman–Crippen MR) is 123 cm³/mol. The number of aromatic nitrogens is 3. The van der Waals surface area contributed by atoms with Crippen LogP contribution in [-0.4, -0.2) is 37.7 Å². The van der Waals surface area contributed by atoms with Gasteiger partial charge < -0.3 is 10.3 Å². The van der Waals surface area contributed by atoms with Crippen molar-refractivity contribution in [3.8, 4) is 0 Å². The highest BCUT2D eigenvalue weighted by atomic mass is 16.1. The number of nitrogens with one attached hydrogen (secondary N) is 2. The SMILES string of the molecule is Cn1ncc2cc(C(=O)Nc3ccc4cc(CN5C6CCCC5CC6)[nH]c4c3)ccc21. The fourth-order valence-electron chi connectivity index (χ4n) is 5.54. The third kappa shape index (κ3) is 3.31. The zero-order chi connectivity index (χ0) is 20.9. The largest absolute Gasteiger partial charge is 0.357 e. The molecule has 1 amide bonds. The van der Waals surface area contributed by atoms with E-state index in [4.69, 9.17) is 0 Å². The maximum Gasteiger partial charge on any atom is 0.255 e. The van der Waals surface area contributed by atoms with E-state index in [-0.39, 0.29) is 5.91 Å². The Morgan fingerprint density at radius 1 is 1.06 bits per heavy atom. The molecule has 2 aromatic carbocycles. The molecule has 6 rings (SSSR count). The number of carbonyl (C=O) groups excluding carboxylic acids is 1. The number of aromatic amines is 1. The van der Waals surface area contributed by atoms with E-state index in [1.54, 1.807) is 6.20 Å². The Hall–Kier alpha value is -3.12. The molecule has 0 saturated carbocycles. The summed E-state index contributed by atoms with van der Waals surface area (Å²) in [7, 11) is 1.90. The Balaban J connectivity index is 1.20. The van der Waals surface area contributed by atoms with Gasteiger partial charge in [0.25, 0.3) is 5.91 Å². The van der Waals surface area contributed by atoms with Crippen molar-refractivity contribution < 1.29 is 4.79 Å². The number of hydrogen-bond donors (Lipinski definition) is 2. The highest BCUT2D eigenvalue weighted by Crippen LogP contribution is 2.36. The van der Waals surface area contributed by atoms with Crippen LogP contribution in [0.15, 0.2) is 48.7 Å². The molecule has 2 fully saturated rings. The molecule has 2 aliphatic heterocycles. The van der Waals surface area contributed by atoms with Gasteiger partial charge in [-0.2, -0.15) is 5.10 Å². The molecule has 4 heterocycles. The van der Waals surface area contributed by atoms with Crippen LogP contribution in [0.4, 0.5) is 5.69 Å². The van der Waals surface area contributed by atoms with Gasteiger partial charge in [-0.1, -0.05) is 12.5 Å². The molecule has 6 heteroatoms. The molecule has 2 aliphatic rings. The van der Waals surface area contributed by atoms with E-state index in [0.29, 0.717) is 5.56 Å². The summed E-state index contributed by atoms with van der Waals surface area (Å²) in [5.74, 6) is -0.109. The van der Waals surface area contributed by atoms with Gasteiger partial charge in [0.15, 0.2) is 0 Å². The van der Waals surface area contributed by atoms with E-state index < -0.39 is 0 Å². The average molecular weight is 414 g/mol. The topological polar surface area (TPSA) is 66.0 Å². The number of amides is 1. The maximum absolute atomic E-state index is 12.8. The van der Waals surface area contributed by atoms with Gasteiger partial charge in [0.1, 0.15) is 0 Å². The van der Waals surface area contributed by atoms with Crippen LogP contribution in [0.5, 0.6) is 0 Å². The van der Waals surface area contributed by atoms with Crippen LogP contribution in [0, 0.1) is 0 Å². The number of aryl methyl sites for hydroxylation is 1. The summed E-state index contributed by atoms with van der Waals surface area (Å²) in [6, 6.07) is 15.5. The van der Waals surface area contributed by atoms with Crippen LogP contribution in [0.3, 0.4) is 0 Å². The number of H-pyrrole nitrogens is 1. The first-order valence-corrected chi connectivity index (χ1v) is 11.2. The van der Waals surface area contributed by atoms with Crippen molar-refractivity contribution in [1.82, 2.24) is 19.7 Å². The number of benzene rings is 2. The van der Waals surface area contributed by atoms with Gasteiger partial charge >= 0.3 is 0 Å². The Bertz CT molecular complexity index is 1270. The zero-order valence-electron chi connectivity index (χ0n) is 17.8. The summed E-state index contributed by atoms with van der Waals surface area (Å²) < 4.78 is 1.81. The lowest BCUT2D eigenvalue weighted by molar-refractivity contribution is 0.102. The third-order valence-electron chi connectivity index (χ3n) is 7.14. The van der Waals surface area contributed by atoms with Crippen molar-refractivity contribution in [3.63, 3.8) is 0 Å². The lowest BCUT2D eigenvalue weighted by Gasteiger charge is -2.34. The smallest absolute Gasteiger partial charge is 0.255 e. The standard InChI is InChI=1S/C25H27N5O/c1-29-24-10-6-17(11-18(24)14-26-29)25(31)28-19-7-5-16-12-20(27-23(16)13-19)15-30-21-3-2-4-22(30)9-8-21/h5-7,10-14,21-22,27H,2-4,8-9,15H2,1H3,(H,28,31). The monoisotopic (exact) mass is 413 g/mol. The van der Waals surface area contributed by atoms with Crippen LogP contribution < -0.4 is 5.32 Å². The number of carbonyl (C=O) groups is 1. The van der Waals surface area contributed by atoms with Gasteiger partial charge in [0, 0.05) is 53.5 Å². The van der Waals surface area contributed by atoms with Crippen molar-refractivity contribution in [3.05, 3.63) is 59.9 Å². The van der Waals surface area contributed by atoms with Crippen LogP contribution in [-0.2, 0) is 13.6 Å². The summed E-state index contributed by atoms with van der Waals surface area (Å²) in [5, 5.41) is 9.44. The summed E-state index contributed by atoms with van der Waals surface area (Å²) in [4.78, 5) is 19.1. The summed E-state index contributed by atoms with van der Waals surface area (Å²) in [6.45, 7) is 0.997. The quantitative estimate of drug-likeness (QED) is 0.504. The highest BCUT2D eigenvalue weighted by molar-refractivity contribution is 6.06. The van der Waals surface area contributed by atoms with Crippen LogP contribution in [0.25, 0.3) is 21.8 Å². The summed E-state index contributed by atoms with van der Waals surface area (Å²) in [6.07, 6.45) is 8.57. The van der Waals surface area contributed by atoms with E-state index in [9.17, 15) is 4.79 Å². The molecule has 6 nitrogen and oxygen atoms in total. The second-order valence-corrected chi connectivity index (χ2v) is 9.08. The lowest BCUT2D eigenvalue weighted by Crippen LogP contribution is -2.38. The van der Waals surface area contributed by atoms with Crippen LogP contribution in [0.2, 0.25) is 0 Å². The van der Waals surface area contributed by atoms with E-state index in [1.165, 1.54) is 43.2 Å². The first-order chi connectivity index (χ1) is 15.1. The zero-order valence-corrected chi connectivity index (χ0v) is 17.8. The fraction of sp³-hybridized carbons (Fsp3) is 0.360. The first kappa shape index (κ1) is 18.6. The minimum atomic E-state index is -0.109. The molecule has 158 valence electrons. The minimum absolute atomic E-state index is 0.109. The summed E-state index contributed by atoms with van der Waals surface area (Å²) >= 11 is 0. The third-order valence-corrected chi connectivity index (χ3v) is 7.14. The van der Waals surface area contributed by atoms with E-state index in [0.717, 1.165) is 40.7 Å². The molecule has 4 aromatic rings. The Morgan fingerprint density at radius 2 is 1.90 bits per heavy atom. The number of hydrogen-bond acceptors (Lipinski definition) is 3. The van der Waals surface area contributed by atoms with E-state index in [1.807, 2.05) is 42.1 Å². The van der Waals surface area contributed by atoms with E-state index in [2.05, 4.69) is 32.4 Å². The molecule has 0 aliphatic carbocycles. The van der Waals surface area contributed by atoms with Gasteiger partial charge in [0.05, 0.1) is 11.7 Å². The molecule has 2 saturated heterocycles. The molecule has 2 bridgehead atoms. The van der Waals surface area contributed by atoms with Crippen LogP contribution >= 0.6 is 0 Å². The lowest BCUT2D eigenvalue weighted by atomic mass is 10.0. The fourth-order valence-corrected chi connectivity index (χ4v) is 5.54. The molecule has 0 spiro atoms. The summed E-state index contributed by atoms with van der Waals surface area (Å²) in [5.41, 5.74) is 4.78. The number of fused-ring (bicyclic) bond motifs is 4. The molecule has 0 radical (unpaired) electrons. The molecule has 2 unspecified atom stereocenters. The molecule has 31 heavy (non-hydrogen) atoms. The normalized spacial score (nSPS) is 21.2. The van der Waals surface area contributed by atoms with Gasteiger partial charge in [-0.3, -0.25) is 14.4 Å². The maximum atomic E-state index is 12.8. The molecule has 2 N–H and O–H groups in total. The number of rotatable bonds is 4. The molecular formula is C25H27N5O. The first-order valence-electron chi connectivity index (χ1n) is 11.2. The second kappa shape index (κ2) is 7.24. The Morgan fingerprint density at radius 3 is 2.74 bits per heavy atom. The molecular weight excluding hydrogens is 386 g/mol. The van der Waals surface area contributed by atoms with Gasteiger partial charge in [-0.15, -0.1) is 0 Å². The van der Waals surface area contributed by atoms with Crippen molar-refractivity contribution >= 4 is 33.4 Å². The van der Waals surface area contributed by atoms with Gasteiger partial charge in [0.2, 0.25) is 0 Å². The Kier molecular flexibility index (Phi) is 4.35. The van der Waals surface area contributed by atoms with Gasteiger partial charge in [-0.25, -0.2) is 0 Å².